The molecule has 0 bridgehead atoms. The highest BCUT2D eigenvalue weighted by Gasteiger charge is 2.38. The lowest BCUT2D eigenvalue weighted by Crippen LogP contribution is -2.55. The lowest BCUT2D eigenvalue weighted by Gasteiger charge is -2.44. The van der Waals surface area contributed by atoms with Crippen molar-refractivity contribution in [1.82, 2.24) is 4.90 Å². The summed E-state index contributed by atoms with van der Waals surface area (Å²) in [6.45, 7) is 7.65. The van der Waals surface area contributed by atoms with E-state index >= 15 is 0 Å². The van der Waals surface area contributed by atoms with E-state index in [9.17, 15) is 0 Å². The van der Waals surface area contributed by atoms with Crippen LogP contribution in [0.2, 0.25) is 0 Å². The van der Waals surface area contributed by atoms with Crippen LogP contribution in [0.15, 0.2) is 0 Å². The molecule has 1 aliphatic carbocycles. The molecule has 1 rings (SSSR count). The summed E-state index contributed by atoms with van der Waals surface area (Å²) in [4.78, 5) is 2.53. The van der Waals surface area contributed by atoms with Crippen LogP contribution in [-0.2, 0) is 0 Å². The molecule has 2 N–H and O–H groups in total. The fourth-order valence-corrected chi connectivity index (χ4v) is 2.51. The minimum atomic E-state index is 0.238. The minimum absolute atomic E-state index is 0.238. The molecule has 0 spiro atoms. The lowest BCUT2D eigenvalue weighted by atomic mass is 9.89. The summed E-state index contributed by atoms with van der Waals surface area (Å²) in [5.74, 6) is 0.934. The monoisotopic (exact) mass is 198 g/mol. The van der Waals surface area contributed by atoms with Crippen molar-refractivity contribution in [3.63, 3.8) is 0 Å². The van der Waals surface area contributed by atoms with Crippen LogP contribution in [0.25, 0.3) is 0 Å². The van der Waals surface area contributed by atoms with Gasteiger partial charge in [0.2, 0.25) is 0 Å². The molecule has 0 amide bonds. The number of nitrogens with two attached hydrogens (primary N) is 1. The van der Waals surface area contributed by atoms with Gasteiger partial charge < -0.3 is 5.73 Å². The van der Waals surface area contributed by atoms with Gasteiger partial charge in [0.05, 0.1) is 0 Å². The first-order valence-electron chi connectivity index (χ1n) is 6.04. The van der Waals surface area contributed by atoms with Gasteiger partial charge in [-0.3, -0.25) is 4.90 Å². The highest BCUT2D eigenvalue weighted by Crippen LogP contribution is 2.38. The lowest BCUT2D eigenvalue weighted by molar-refractivity contribution is 0.0665. The smallest absolute Gasteiger partial charge is 0.0326 e. The number of hydrogen-bond donors (Lipinski definition) is 1. The van der Waals surface area contributed by atoms with Gasteiger partial charge in [0, 0.05) is 18.1 Å². The Morgan fingerprint density at radius 1 is 1.36 bits per heavy atom. The highest BCUT2D eigenvalue weighted by molar-refractivity contribution is 4.94. The average Bonchev–Trinajstić information content (AvgIpc) is 3.03. The van der Waals surface area contributed by atoms with Gasteiger partial charge in [-0.05, 0) is 45.6 Å². The third-order valence-corrected chi connectivity index (χ3v) is 4.36. The summed E-state index contributed by atoms with van der Waals surface area (Å²) in [7, 11) is 2.25. The van der Waals surface area contributed by atoms with Crippen molar-refractivity contribution in [2.45, 2.75) is 58.0 Å². The quantitative estimate of drug-likeness (QED) is 0.709. The maximum Gasteiger partial charge on any atom is 0.0326 e. The molecule has 2 nitrogen and oxygen atoms in total. The third kappa shape index (κ3) is 2.12. The Kier molecular flexibility index (Phi) is 3.96. The zero-order chi connectivity index (χ0) is 10.8. The maximum atomic E-state index is 5.95. The SMILES string of the molecule is CCC(CC)(CN)N(C)C(C)C1CC1. The Bertz CT molecular complexity index is 163. The van der Waals surface area contributed by atoms with Crippen LogP contribution in [0.5, 0.6) is 0 Å². The normalized spacial score (nSPS) is 20.1. The number of hydrogen-bond acceptors (Lipinski definition) is 2. The van der Waals surface area contributed by atoms with Crippen molar-refractivity contribution in [3.8, 4) is 0 Å². The molecule has 2 heteroatoms. The molecule has 1 saturated carbocycles. The molecule has 14 heavy (non-hydrogen) atoms. The molecule has 1 atom stereocenters. The van der Waals surface area contributed by atoms with Gasteiger partial charge >= 0.3 is 0 Å². The first-order chi connectivity index (χ1) is 6.61. The van der Waals surface area contributed by atoms with Gasteiger partial charge in [-0.25, -0.2) is 0 Å². The predicted octanol–water partition coefficient (Wildman–Crippen LogP) is 2.23. The van der Waals surface area contributed by atoms with Gasteiger partial charge in [0.1, 0.15) is 0 Å². The van der Waals surface area contributed by atoms with Crippen molar-refractivity contribution < 1.29 is 0 Å². The molecule has 1 fully saturated rings. The Labute approximate surface area is 88.8 Å². The fraction of sp³-hybridized carbons (Fsp3) is 1.00. The van der Waals surface area contributed by atoms with Crippen molar-refractivity contribution in [1.29, 1.82) is 0 Å². The van der Waals surface area contributed by atoms with E-state index in [1.165, 1.54) is 12.8 Å². The topological polar surface area (TPSA) is 29.3 Å². The Hall–Kier alpha value is -0.0800. The van der Waals surface area contributed by atoms with Gasteiger partial charge in [0.25, 0.3) is 0 Å². The summed E-state index contributed by atoms with van der Waals surface area (Å²) in [5, 5.41) is 0. The van der Waals surface area contributed by atoms with Crippen molar-refractivity contribution in [2.24, 2.45) is 11.7 Å². The Morgan fingerprint density at radius 2 is 1.86 bits per heavy atom. The molecule has 0 aliphatic heterocycles. The van der Waals surface area contributed by atoms with E-state index in [4.69, 9.17) is 5.73 Å². The van der Waals surface area contributed by atoms with Crippen LogP contribution in [0.3, 0.4) is 0 Å². The largest absolute Gasteiger partial charge is 0.329 e. The maximum absolute atomic E-state index is 5.95. The second-order valence-electron chi connectivity index (χ2n) is 4.82. The van der Waals surface area contributed by atoms with Crippen LogP contribution in [0, 0.1) is 5.92 Å². The van der Waals surface area contributed by atoms with E-state index in [-0.39, 0.29) is 5.54 Å². The molecule has 84 valence electrons. The summed E-state index contributed by atoms with van der Waals surface area (Å²) < 4.78 is 0. The molecule has 0 aromatic carbocycles. The van der Waals surface area contributed by atoms with Crippen molar-refractivity contribution in [2.75, 3.05) is 13.6 Å². The number of likely N-dealkylation sites (N-methyl/N-ethyl adjacent to an activating group) is 1. The van der Waals surface area contributed by atoms with Crippen LogP contribution < -0.4 is 5.73 Å². The predicted molar refractivity (Wildman–Crippen MR) is 62.3 cm³/mol. The van der Waals surface area contributed by atoms with Crippen molar-refractivity contribution >= 4 is 0 Å². The Balaban J connectivity index is 2.65. The Morgan fingerprint density at radius 3 is 2.14 bits per heavy atom. The summed E-state index contributed by atoms with van der Waals surface area (Å²) in [5.41, 5.74) is 6.18. The van der Waals surface area contributed by atoms with Gasteiger partial charge in [-0.15, -0.1) is 0 Å². The molecule has 0 aromatic heterocycles. The second kappa shape index (κ2) is 4.63. The van der Waals surface area contributed by atoms with E-state index < -0.39 is 0 Å². The molecule has 1 unspecified atom stereocenters. The summed E-state index contributed by atoms with van der Waals surface area (Å²) in [6, 6.07) is 0.707. The van der Waals surface area contributed by atoms with E-state index in [0.29, 0.717) is 6.04 Å². The van der Waals surface area contributed by atoms with E-state index in [1.54, 1.807) is 0 Å². The highest BCUT2D eigenvalue weighted by atomic mass is 15.2. The average molecular weight is 198 g/mol. The molecule has 0 radical (unpaired) electrons. The molecule has 0 heterocycles. The number of rotatable bonds is 6. The van der Waals surface area contributed by atoms with Gasteiger partial charge in [-0.2, -0.15) is 0 Å². The molecule has 0 aromatic rings. The summed E-state index contributed by atoms with van der Waals surface area (Å²) in [6.07, 6.45) is 5.15. The molecular formula is C12H26N2. The summed E-state index contributed by atoms with van der Waals surface area (Å²) >= 11 is 0. The first kappa shape index (κ1) is 12.0. The van der Waals surface area contributed by atoms with Crippen molar-refractivity contribution in [3.05, 3.63) is 0 Å². The first-order valence-corrected chi connectivity index (χ1v) is 6.04. The molecular weight excluding hydrogens is 172 g/mol. The van der Waals surface area contributed by atoms with Crippen LogP contribution >= 0.6 is 0 Å². The van der Waals surface area contributed by atoms with Crippen LogP contribution in [-0.4, -0.2) is 30.1 Å². The number of nitrogens with zero attached hydrogens (tertiary/aromatic N) is 1. The molecule has 1 aliphatic rings. The fourth-order valence-electron chi connectivity index (χ4n) is 2.51. The van der Waals surface area contributed by atoms with E-state index in [2.05, 4.69) is 32.7 Å². The zero-order valence-corrected chi connectivity index (χ0v) is 10.2. The van der Waals surface area contributed by atoms with E-state index in [1.807, 2.05) is 0 Å². The molecule has 0 saturated heterocycles. The third-order valence-electron chi connectivity index (χ3n) is 4.36. The van der Waals surface area contributed by atoms with Crippen LogP contribution in [0.1, 0.15) is 46.5 Å². The second-order valence-corrected chi connectivity index (χ2v) is 4.82. The zero-order valence-electron chi connectivity index (χ0n) is 10.2. The van der Waals surface area contributed by atoms with Gasteiger partial charge in [0.15, 0.2) is 0 Å². The standard InChI is InChI=1S/C12H26N2/c1-5-12(6-2,9-13)14(4)10(3)11-7-8-11/h10-11H,5-9,13H2,1-4H3. The van der Waals surface area contributed by atoms with Crippen LogP contribution in [0.4, 0.5) is 0 Å². The van der Waals surface area contributed by atoms with E-state index in [0.717, 1.165) is 25.3 Å². The van der Waals surface area contributed by atoms with Gasteiger partial charge in [-0.1, -0.05) is 13.8 Å². The minimum Gasteiger partial charge on any atom is -0.329 e.